The molecule has 0 spiro atoms. The van der Waals surface area contributed by atoms with Crippen molar-refractivity contribution in [2.45, 2.75) is 39.7 Å². The van der Waals surface area contributed by atoms with Crippen LogP contribution in [0.5, 0.6) is 5.75 Å². The largest absolute Gasteiger partial charge is 0.495 e. The third-order valence-electron chi connectivity index (χ3n) is 5.11. The molecule has 1 aliphatic heterocycles. The molecule has 0 radical (unpaired) electrons. The fourth-order valence-corrected chi connectivity index (χ4v) is 4.26. The topological polar surface area (TPSA) is 83.0 Å². The third-order valence-corrected chi connectivity index (χ3v) is 6.06. The fourth-order valence-electron chi connectivity index (χ4n) is 3.34. The molecule has 1 saturated heterocycles. The first kappa shape index (κ1) is 23.3. The van der Waals surface area contributed by atoms with Crippen molar-refractivity contribution in [2.75, 3.05) is 50.2 Å². The van der Waals surface area contributed by atoms with Gasteiger partial charge in [0.1, 0.15) is 15.6 Å². The van der Waals surface area contributed by atoms with E-state index in [1.165, 1.54) is 6.26 Å². The molecule has 0 amide bonds. The summed E-state index contributed by atoms with van der Waals surface area (Å²) in [5.41, 5.74) is 0.938. The summed E-state index contributed by atoms with van der Waals surface area (Å²) < 4.78 is 28.4. The summed E-state index contributed by atoms with van der Waals surface area (Å²) in [5.74, 6) is 1.86. The van der Waals surface area contributed by atoms with Crippen LogP contribution in [0.25, 0.3) is 0 Å². The number of nitrogens with one attached hydrogen (secondary N) is 2. The first-order valence-corrected chi connectivity index (χ1v) is 12.3. The summed E-state index contributed by atoms with van der Waals surface area (Å²) in [5, 5.41) is 6.85. The van der Waals surface area contributed by atoms with Gasteiger partial charge in [0.15, 0.2) is 5.96 Å². The molecule has 1 aromatic carbocycles. The van der Waals surface area contributed by atoms with Gasteiger partial charge in [-0.2, -0.15) is 0 Å². The molecule has 1 aromatic rings. The van der Waals surface area contributed by atoms with Crippen LogP contribution in [0, 0.1) is 5.41 Å². The molecule has 164 valence electrons. The van der Waals surface area contributed by atoms with Gasteiger partial charge >= 0.3 is 0 Å². The maximum atomic E-state index is 11.5. The van der Waals surface area contributed by atoms with Gasteiger partial charge in [-0.25, -0.2) is 8.42 Å². The minimum Gasteiger partial charge on any atom is -0.495 e. The zero-order valence-corrected chi connectivity index (χ0v) is 19.2. The van der Waals surface area contributed by atoms with Crippen LogP contribution >= 0.6 is 0 Å². The molecule has 1 heterocycles. The summed E-state index contributed by atoms with van der Waals surface area (Å²) in [6, 6.07) is 8.38. The second-order valence-corrected chi connectivity index (χ2v) is 10.7. The summed E-state index contributed by atoms with van der Waals surface area (Å²) in [7, 11) is -1.26. The van der Waals surface area contributed by atoms with E-state index in [2.05, 4.69) is 35.4 Å². The number of hydrogen-bond donors (Lipinski definition) is 2. The number of methoxy groups -OCH3 is 1. The lowest BCUT2D eigenvalue weighted by Gasteiger charge is -2.24. The smallest absolute Gasteiger partial charge is 0.191 e. The Balaban J connectivity index is 1.97. The normalized spacial score (nSPS) is 18.0. The van der Waals surface area contributed by atoms with E-state index >= 15 is 0 Å². The molecule has 0 saturated carbocycles. The minimum absolute atomic E-state index is 0.176. The lowest BCUT2D eigenvalue weighted by molar-refractivity contribution is 0.365. The van der Waals surface area contributed by atoms with Crippen LogP contribution in [0.4, 0.5) is 5.69 Å². The summed E-state index contributed by atoms with van der Waals surface area (Å²) in [6.45, 7) is 9.34. The molecule has 8 heteroatoms. The van der Waals surface area contributed by atoms with E-state index in [-0.39, 0.29) is 17.2 Å². The van der Waals surface area contributed by atoms with Crippen LogP contribution < -0.4 is 20.3 Å². The summed E-state index contributed by atoms with van der Waals surface area (Å²) >= 11 is 0. The predicted molar refractivity (Wildman–Crippen MR) is 121 cm³/mol. The number of guanidine groups is 1. The highest BCUT2D eigenvalue weighted by Crippen LogP contribution is 2.30. The number of nitrogens with zero attached hydrogens (tertiary/aromatic N) is 2. The average molecular weight is 425 g/mol. The first-order valence-electron chi connectivity index (χ1n) is 10.2. The van der Waals surface area contributed by atoms with Gasteiger partial charge in [-0.1, -0.05) is 26.0 Å². The average Bonchev–Trinajstić information content (AvgIpc) is 3.13. The number of ether oxygens (including phenoxy) is 1. The molecular weight excluding hydrogens is 388 g/mol. The van der Waals surface area contributed by atoms with Gasteiger partial charge < -0.3 is 20.3 Å². The highest BCUT2D eigenvalue weighted by Gasteiger charge is 2.26. The van der Waals surface area contributed by atoms with Crippen molar-refractivity contribution in [3.8, 4) is 5.75 Å². The van der Waals surface area contributed by atoms with Crippen molar-refractivity contribution in [3.63, 3.8) is 0 Å². The van der Waals surface area contributed by atoms with E-state index in [9.17, 15) is 8.42 Å². The molecule has 0 aromatic heterocycles. The molecule has 1 fully saturated rings. The summed E-state index contributed by atoms with van der Waals surface area (Å²) in [6.07, 6.45) is 2.89. The maximum Gasteiger partial charge on any atom is 0.191 e. The molecule has 2 rings (SSSR count). The highest BCUT2D eigenvalue weighted by molar-refractivity contribution is 7.90. The number of benzene rings is 1. The minimum atomic E-state index is -2.96. The molecule has 0 aliphatic carbocycles. The van der Waals surface area contributed by atoms with E-state index in [0.29, 0.717) is 13.0 Å². The van der Waals surface area contributed by atoms with Crippen LogP contribution in [-0.2, 0) is 9.84 Å². The van der Waals surface area contributed by atoms with E-state index in [1.807, 2.05) is 25.1 Å². The van der Waals surface area contributed by atoms with Gasteiger partial charge in [-0.15, -0.1) is 0 Å². The zero-order chi connectivity index (χ0) is 21.5. The zero-order valence-electron chi connectivity index (χ0n) is 18.4. The van der Waals surface area contributed by atoms with Crippen molar-refractivity contribution >= 4 is 21.5 Å². The van der Waals surface area contributed by atoms with E-state index in [1.54, 1.807) is 7.11 Å². The molecule has 29 heavy (non-hydrogen) atoms. The van der Waals surface area contributed by atoms with Crippen molar-refractivity contribution < 1.29 is 13.2 Å². The van der Waals surface area contributed by atoms with Gasteiger partial charge in [0.05, 0.1) is 18.6 Å². The first-order chi connectivity index (χ1) is 13.6. The molecule has 1 unspecified atom stereocenters. The van der Waals surface area contributed by atoms with E-state index in [4.69, 9.17) is 9.73 Å². The number of anilines is 1. The number of para-hydroxylation sites is 2. The van der Waals surface area contributed by atoms with Crippen LogP contribution in [-0.4, -0.2) is 65.7 Å². The molecule has 1 aliphatic rings. The van der Waals surface area contributed by atoms with Crippen LogP contribution in [0.15, 0.2) is 29.3 Å². The standard InChI is InChI=1S/C21H36N4O3S/c1-6-22-20(23-16-21(2,3)12-14-29(5,26)27)24-17-11-13-25(15-17)18-9-7-8-10-19(18)28-4/h7-10,17H,6,11-16H2,1-5H3,(H2,22,23,24). The second kappa shape index (κ2) is 10.2. The Morgan fingerprint density at radius 2 is 2.07 bits per heavy atom. The lowest BCUT2D eigenvalue weighted by atomic mass is 9.90. The van der Waals surface area contributed by atoms with Gasteiger partial charge in [-0.05, 0) is 37.3 Å². The third kappa shape index (κ3) is 7.76. The Morgan fingerprint density at radius 3 is 2.72 bits per heavy atom. The van der Waals surface area contributed by atoms with E-state index < -0.39 is 9.84 Å². The van der Waals surface area contributed by atoms with Gasteiger partial charge in [0.25, 0.3) is 0 Å². The van der Waals surface area contributed by atoms with Crippen molar-refractivity contribution in [2.24, 2.45) is 10.4 Å². The molecule has 7 nitrogen and oxygen atoms in total. The van der Waals surface area contributed by atoms with Gasteiger partial charge in [0.2, 0.25) is 0 Å². The number of sulfone groups is 1. The number of aliphatic imine (C=N–C) groups is 1. The SMILES string of the molecule is CCNC(=NCC(C)(C)CCS(C)(=O)=O)NC1CCN(c2ccccc2OC)C1. The highest BCUT2D eigenvalue weighted by atomic mass is 32.2. The van der Waals surface area contributed by atoms with E-state index in [0.717, 1.165) is 43.5 Å². The van der Waals surface area contributed by atoms with Gasteiger partial charge in [-0.3, -0.25) is 4.99 Å². The Labute approximate surface area is 175 Å². The Hall–Kier alpha value is -1.96. The Morgan fingerprint density at radius 1 is 1.34 bits per heavy atom. The molecule has 2 N–H and O–H groups in total. The summed E-state index contributed by atoms with van der Waals surface area (Å²) in [4.78, 5) is 7.07. The van der Waals surface area contributed by atoms with Crippen LogP contribution in [0.3, 0.4) is 0 Å². The fraction of sp³-hybridized carbons (Fsp3) is 0.667. The van der Waals surface area contributed by atoms with Crippen molar-refractivity contribution in [3.05, 3.63) is 24.3 Å². The van der Waals surface area contributed by atoms with Crippen LogP contribution in [0.1, 0.15) is 33.6 Å². The number of hydrogen-bond acceptors (Lipinski definition) is 5. The Kier molecular flexibility index (Phi) is 8.19. The molecule has 1 atom stereocenters. The molecular formula is C21H36N4O3S. The number of rotatable bonds is 9. The quantitative estimate of drug-likeness (QED) is 0.467. The maximum absolute atomic E-state index is 11.5. The molecule has 0 bridgehead atoms. The van der Waals surface area contributed by atoms with Crippen molar-refractivity contribution in [1.29, 1.82) is 0 Å². The second-order valence-electron chi connectivity index (χ2n) is 8.49. The lowest BCUT2D eigenvalue weighted by Crippen LogP contribution is -2.45. The predicted octanol–water partition coefficient (Wildman–Crippen LogP) is 2.29. The van der Waals surface area contributed by atoms with Crippen LogP contribution in [0.2, 0.25) is 0 Å². The Bertz CT molecular complexity index is 793. The van der Waals surface area contributed by atoms with Crippen molar-refractivity contribution in [1.82, 2.24) is 10.6 Å². The van der Waals surface area contributed by atoms with Gasteiger partial charge in [0, 0.05) is 38.5 Å². The monoisotopic (exact) mass is 424 g/mol.